The van der Waals surface area contributed by atoms with Crippen molar-refractivity contribution in [2.75, 3.05) is 46.1 Å². The first-order valence-corrected chi connectivity index (χ1v) is 12.5. The average Bonchev–Trinajstić information content (AvgIpc) is 2.89. The average molecular weight is 467 g/mol. The molecule has 4 heterocycles. The molecule has 0 saturated carbocycles. The Morgan fingerprint density at radius 3 is 2.50 bits per heavy atom. The molecule has 0 aliphatic carbocycles. The molecule has 1 atom stereocenters. The predicted octanol–water partition coefficient (Wildman–Crippen LogP) is 3.16. The van der Waals surface area contributed by atoms with Crippen LogP contribution in [0.25, 0.3) is 0 Å². The van der Waals surface area contributed by atoms with E-state index in [1.54, 1.807) is 0 Å². The summed E-state index contributed by atoms with van der Waals surface area (Å²) in [6.45, 7) is 6.95. The number of amides is 1. The standard InChI is InChI=1S/C26H34N4O4/c1-19-17-24(34-22-5-3-2-4-6-22)28-25(27-19)20-7-11-29(12-8-20)26(31)23-18-33-16-13-30(23)21-9-14-32-15-10-21/h2-6,17,20-21,23H,7-16,18H2,1H3/t23-/m0/s1. The predicted molar refractivity (Wildman–Crippen MR) is 127 cm³/mol. The zero-order valence-electron chi connectivity index (χ0n) is 19.9. The fraction of sp³-hybridized carbons (Fsp3) is 0.577. The second-order valence-electron chi connectivity index (χ2n) is 9.39. The maximum Gasteiger partial charge on any atom is 0.242 e. The lowest BCUT2D eigenvalue weighted by molar-refractivity contribution is -0.148. The van der Waals surface area contributed by atoms with E-state index < -0.39 is 0 Å². The van der Waals surface area contributed by atoms with Gasteiger partial charge in [0.05, 0.1) is 13.2 Å². The zero-order chi connectivity index (χ0) is 23.3. The SMILES string of the molecule is Cc1cc(Oc2ccccc2)nc(C2CCN(C(=O)[C@@H]3COCCN3C3CCOCC3)CC2)n1. The van der Waals surface area contributed by atoms with Gasteiger partial charge in [0.2, 0.25) is 11.8 Å². The van der Waals surface area contributed by atoms with Crippen molar-refractivity contribution in [2.24, 2.45) is 0 Å². The minimum absolute atomic E-state index is 0.186. The highest BCUT2D eigenvalue weighted by Crippen LogP contribution is 2.30. The van der Waals surface area contributed by atoms with Gasteiger partial charge in [0.15, 0.2) is 0 Å². The van der Waals surface area contributed by atoms with Crippen LogP contribution in [-0.4, -0.2) is 83.8 Å². The number of morpholine rings is 1. The van der Waals surface area contributed by atoms with Gasteiger partial charge < -0.3 is 19.1 Å². The number of piperidine rings is 1. The van der Waals surface area contributed by atoms with Gasteiger partial charge in [-0.25, -0.2) is 4.98 Å². The smallest absolute Gasteiger partial charge is 0.242 e. The summed E-state index contributed by atoms with van der Waals surface area (Å²) in [6.07, 6.45) is 3.68. The highest BCUT2D eigenvalue weighted by atomic mass is 16.5. The van der Waals surface area contributed by atoms with Gasteiger partial charge in [0, 0.05) is 56.6 Å². The number of likely N-dealkylation sites (tertiary alicyclic amines) is 1. The Bertz CT molecular complexity index is 959. The summed E-state index contributed by atoms with van der Waals surface area (Å²) >= 11 is 0. The Balaban J connectivity index is 1.21. The van der Waals surface area contributed by atoms with Crippen LogP contribution >= 0.6 is 0 Å². The number of benzene rings is 1. The first kappa shape index (κ1) is 23.2. The van der Waals surface area contributed by atoms with Crippen molar-refractivity contribution in [1.82, 2.24) is 19.8 Å². The van der Waals surface area contributed by atoms with Crippen LogP contribution in [0.5, 0.6) is 11.6 Å². The van der Waals surface area contributed by atoms with Gasteiger partial charge in [0.1, 0.15) is 17.6 Å². The molecule has 5 rings (SSSR count). The van der Waals surface area contributed by atoms with Gasteiger partial charge >= 0.3 is 0 Å². The lowest BCUT2D eigenvalue weighted by Gasteiger charge is -2.44. The van der Waals surface area contributed by atoms with E-state index in [0.29, 0.717) is 38.2 Å². The minimum Gasteiger partial charge on any atom is -0.439 e. The largest absolute Gasteiger partial charge is 0.439 e. The van der Waals surface area contributed by atoms with E-state index in [2.05, 4.69) is 4.90 Å². The number of hydrogen-bond acceptors (Lipinski definition) is 7. The third-order valence-corrected chi connectivity index (χ3v) is 7.10. The number of carbonyl (C=O) groups excluding carboxylic acids is 1. The third kappa shape index (κ3) is 5.40. The number of hydrogen-bond donors (Lipinski definition) is 0. The number of nitrogens with zero attached hydrogens (tertiary/aromatic N) is 4. The maximum absolute atomic E-state index is 13.5. The zero-order valence-corrected chi connectivity index (χ0v) is 19.9. The Hall–Kier alpha value is -2.55. The topological polar surface area (TPSA) is 77.0 Å². The molecule has 0 unspecified atom stereocenters. The fourth-order valence-corrected chi connectivity index (χ4v) is 5.26. The molecule has 1 aromatic carbocycles. The molecule has 34 heavy (non-hydrogen) atoms. The number of para-hydroxylation sites is 1. The van der Waals surface area contributed by atoms with Crippen molar-refractivity contribution in [1.29, 1.82) is 0 Å². The van der Waals surface area contributed by atoms with E-state index in [1.165, 1.54) is 0 Å². The number of rotatable bonds is 5. The van der Waals surface area contributed by atoms with Crippen molar-refractivity contribution in [3.63, 3.8) is 0 Å². The first-order chi connectivity index (χ1) is 16.7. The number of ether oxygens (including phenoxy) is 3. The van der Waals surface area contributed by atoms with Crippen molar-refractivity contribution >= 4 is 5.91 Å². The Kier molecular flexibility index (Phi) is 7.37. The van der Waals surface area contributed by atoms with E-state index in [-0.39, 0.29) is 17.9 Å². The summed E-state index contributed by atoms with van der Waals surface area (Å²) in [6, 6.07) is 11.8. The maximum atomic E-state index is 13.5. The van der Waals surface area contributed by atoms with E-state index >= 15 is 0 Å². The number of aryl methyl sites for hydroxylation is 1. The molecule has 0 radical (unpaired) electrons. The number of carbonyl (C=O) groups is 1. The van der Waals surface area contributed by atoms with Gasteiger partial charge in [-0.2, -0.15) is 4.98 Å². The molecule has 0 N–H and O–H groups in total. The molecule has 0 spiro atoms. The van der Waals surface area contributed by atoms with Crippen molar-refractivity contribution in [3.05, 3.63) is 47.9 Å². The van der Waals surface area contributed by atoms with Crippen LogP contribution in [0.1, 0.15) is 43.1 Å². The molecule has 0 bridgehead atoms. The van der Waals surface area contributed by atoms with Gasteiger partial charge in [0.25, 0.3) is 0 Å². The molecule has 3 saturated heterocycles. The van der Waals surface area contributed by atoms with Crippen LogP contribution in [0, 0.1) is 6.92 Å². The van der Waals surface area contributed by atoms with Crippen LogP contribution in [-0.2, 0) is 14.3 Å². The van der Waals surface area contributed by atoms with E-state index in [9.17, 15) is 4.79 Å². The second kappa shape index (κ2) is 10.8. The van der Waals surface area contributed by atoms with Gasteiger partial charge in [-0.05, 0) is 44.7 Å². The lowest BCUT2D eigenvalue weighted by Crippen LogP contribution is -2.59. The van der Waals surface area contributed by atoms with Crippen LogP contribution in [0.2, 0.25) is 0 Å². The summed E-state index contributed by atoms with van der Waals surface area (Å²) in [5.41, 5.74) is 0.890. The highest BCUT2D eigenvalue weighted by Gasteiger charge is 2.38. The van der Waals surface area contributed by atoms with Gasteiger partial charge in [-0.1, -0.05) is 18.2 Å². The molecule has 1 amide bonds. The molecular formula is C26H34N4O4. The molecule has 3 aliphatic rings. The highest BCUT2D eigenvalue weighted by molar-refractivity contribution is 5.82. The molecule has 1 aromatic heterocycles. The van der Waals surface area contributed by atoms with Crippen molar-refractivity contribution in [3.8, 4) is 11.6 Å². The molecule has 182 valence electrons. The molecule has 8 heteroatoms. The molecule has 2 aromatic rings. The van der Waals surface area contributed by atoms with Crippen LogP contribution in [0.4, 0.5) is 0 Å². The molecule has 3 fully saturated rings. The van der Waals surface area contributed by atoms with Crippen molar-refractivity contribution in [2.45, 2.75) is 50.6 Å². The van der Waals surface area contributed by atoms with Crippen LogP contribution in [0.3, 0.4) is 0 Å². The molecular weight excluding hydrogens is 432 g/mol. The summed E-state index contributed by atoms with van der Waals surface area (Å²) < 4.78 is 17.2. The Labute approximate surface area is 201 Å². The van der Waals surface area contributed by atoms with Crippen LogP contribution < -0.4 is 4.74 Å². The second-order valence-corrected chi connectivity index (χ2v) is 9.39. The molecule has 3 aliphatic heterocycles. The summed E-state index contributed by atoms with van der Waals surface area (Å²) in [4.78, 5) is 27.3. The Morgan fingerprint density at radius 2 is 1.74 bits per heavy atom. The van der Waals surface area contributed by atoms with Crippen molar-refractivity contribution < 1.29 is 19.0 Å². The summed E-state index contributed by atoms with van der Waals surface area (Å²) in [5.74, 6) is 2.55. The monoisotopic (exact) mass is 466 g/mol. The minimum atomic E-state index is -0.186. The van der Waals surface area contributed by atoms with Crippen LogP contribution in [0.15, 0.2) is 36.4 Å². The fourth-order valence-electron chi connectivity index (χ4n) is 5.26. The van der Waals surface area contributed by atoms with E-state index in [4.69, 9.17) is 24.2 Å². The Morgan fingerprint density at radius 1 is 0.971 bits per heavy atom. The third-order valence-electron chi connectivity index (χ3n) is 7.10. The molecule has 8 nitrogen and oxygen atoms in total. The first-order valence-electron chi connectivity index (χ1n) is 12.5. The van der Waals surface area contributed by atoms with Gasteiger partial charge in [-0.15, -0.1) is 0 Å². The summed E-state index contributed by atoms with van der Waals surface area (Å²) in [7, 11) is 0. The quantitative estimate of drug-likeness (QED) is 0.670. The van der Waals surface area contributed by atoms with E-state index in [0.717, 1.165) is 62.7 Å². The lowest BCUT2D eigenvalue weighted by atomic mass is 9.95. The number of aromatic nitrogens is 2. The normalized spacial score (nSPS) is 23.1. The summed E-state index contributed by atoms with van der Waals surface area (Å²) in [5, 5.41) is 0. The van der Waals surface area contributed by atoms with Gasteiger partial charge in [-0.3, -0.25) is 9.69 Å². The van der Waals surface area contributed by atoms with E-state index in [1.807, 2.05) is 48.2 Å².